The molecule has 0 bridgehead atoms. The minimum atomic E-state index is -5.01. The van der Waals surface area contributed by atoms with Crippen molar-refractivity contribution in [2.45, 2.75) is 19.5 Å². The molecule has 0 saturated carbocycles. The molecule has 0 radical (unpaired) electrons. The van der Waals surface area contributed by atoms with Gasteiger partial charge >= 0.3 is 12.1 Å². The number of carbonyl (C=O) groups is 2. The third kappa shape index (κ3) is 8.94. The lowest BCUT2D eigenvalue weighted by Gasteiger charge is -2.07. The molecule has 0 amide bonds. The summed E-state index contributed by atoms with van der Waals surface area (Å²) in [4.78, 5) is 21.2. The zero-order valence-corrected chi connectivity index (χ0v) is 9.92. The average molecular weight is 272 g/mol. The second kappa shape index (κ2) is 8.87. The Hall–Kier alpha value is -1.15. The van der Waals surface area contributed by atoms with Crippen LogP contribution in [0.25, 0.3) is 0 Å². The fraction of sp³-hybridized carbons (Fsp3) is 0.800. The van der Waals surface area contributed by atoms with Gasteiger partial charge in [-0.3, -0.25) is 9.59 Å². The number of hydrogen-bond acceptors (Lipinski definition) is 5. The van der Waals surface area contributed by atoms with Crippen LogP contribution in [0.2, 0.25) is 0 Å². The van der Waals surface area contributed by atoms with E-state index in [4.69, 9.17) is 9.47 Å². The Kier molecular flexibility index (Phi) is 8.30. The lowest BCUT2D eigenvalue weighted by molar-refractivity contribution is -0.175. The van der Waals surface area contributed by atoms with Crippen LogP contribution in [-0.4, -0.2) is 51.0 Å². The number of carbonyl (C=O) groups excluding carboxylic acids is 2. The van der Waals surface area contributed by atoms with E-state index in [9.17, 15) is 22.8 Å². The third-order valence-corrected chi connectivity index (χ3v) is 1.69. The van der Waals surface area contributed by atoms with E-state index >= 15 is 0 Å². The van der Waals surface area contributed by atoms with Crippen LogP contribution in [0, 0.1) is 0 Å². The van der Waals surface area contributed by atoms with Crippen LogP contribution in [0.4, 0.5) is 13.2 Å². The number of Topliss-reactive ketones (excluding diaryl/α,β-unsaturated/α-hetero) is 1. The summed E-state index contributed by atoms with van der Waals surface area (Å²) in [6.45, 7) is 2.90. The van der Waals surface area contributed by atoms with Crippen molar-refractivity contribution in [3.8, 4) is 0 Å². The van der Waals surface area contributed by atoms with E-state index in [0.717, 1.165) is 0 Å². The zero-order valence-electron chi connectivity index (χ0n) is 9.92. The molecule has 0 rings (SSSR count). The first-order chi connectivity index (χ1) is 8.38. The van der Waals surface area contributed by atoms with Crippen LogP contribution in [0.3, 0.4) is 0 Å². The fourth-order valence-electron chi connectivity index (χ4n) is 0.861. The number of ether oxygens (including phenoxy) is 3. The number of halogens is 3. The van der Waals surface area contributed by atoms with Gasteiger partial charge in [-0.25, -0.2) is 0 Å². The minimum Gasteiger partial charge on any atom is -0.463 e. The van der Waals surface area contributed by atoms with Crippen molar-refractivity contribution >= 4 is 11.8 Å². The minimum absolute atomic E-state index is 0.0407. The monoisotopic (exact) mass is 272 g/mol. The Balaban J connectivity index is 3.52. The van der Waals surface area contributed by atoms with E-state index in [1.54, 1.807) is 0 Å². The van der Waals surface area contributed by atoms with Crippen molar-refractivity contribution in [3.05, 3.63) is 0 Å². The normalized spacial score (nSPS) is 11.3. The van der Waals surface area contributed by atoms with Crippen LogP contribution in [0.15, 0.2) is 0 Å². The van der Waals surface area contributed by atoms with Crippen LogP contribution in [0.1, 0.15) is 13.3 Å². The molecule has 8 heteroatoms. The zero-order chi connectivity index (χ0) is 14.0. The van der Waals surface area contributed by atoms with E-state index in [-0.39, 0.29) is 13.2 Å². The first kappa shape index (κ1) is 16.9. The number of rotatable bonds is 9. The maximum atomic E-state index is 11.8. The molecule has 106 valence electrons. The molecule has 0 aromatic carbocycles. The van der Waals surface area contributed by atoms with Crippen molar-refractivity contribution in [3.63, 3.8) is 0 Å². The smallest absolute Gasteiger partial charge is 0.450 e. The molecule has 0 aliphatic heterocycles. The highest BCUT2D eigenvalue weighted by atomic mass is 19.4. The Labute approximate surface area is 102 Å². The predicted molar refractivity (Wildman–Crippen MR) is 54.0 cm³/mol. The Morgan fingerprint density at radius 2 is 1.56 bits per heavy atom. The summed E-state index contributed by atoms with van der Waals surface area (Å²) < 4.78 is 49.6. The molecule has 0 aromatic heterocycles. The molecule has 0 unspecified atom stereocenters. The summed E-state index contributed by atoms with van der Waals surface area (Å²) >= 11 is 0. The van der Waals surface area contributed by atoms with Gasteiger partial charge in [-0.2, -0.15) is 13.2 Å². The Bertz CT molecular complexity index is 265. The van der Waals surface area contributed by atoms with Gasteiger partial charge in [-0.1, -0.05) is 0 Å². The highest BCUT2D eigenvalue weighted by Crippen LogP contribution is 2.17. The van der Waals surface area contributed by atoms with Gasteiger partial charge in [0, 0.05) is 6.61 Å². The lowest BCUT2D eigenvalue weighted by atomic mass is 10.3. The molecule has 0 aromatic rings. The molecule has 0 aliphatic rings. The van der Waals surface area contributed by atoms with E-state index in [0.29, 0.717) is 19.8 Å². The maximum absolute atomic E-state index is 11.8. The van der Waals surface area contributed by atoms with E-state index in [2.05, 4.69) is 4.74 Å². The summed E-state index contributed by atoms with van der Waals surface area (Å²) in [6, 6.07) is 0. The van der Waals surface area contributed by atoms with E-state index in [1.165, 1.54) is 0 Å². The predicted octanol–water partition coefficient (Wildman–Crippen LogP) is 1.10. The largest absolute Gasteiger partial charge is 0.463 e. The molecular formula is C10H15F3O5. The quantitative estimate of drug-likeness (QED) is 0.357. The number of ketones is 1. The molecule has 0 N–H and O–H groups in total. The summed E-state index contributed by atoms with van der Waals surface area (Å²) in [5, 5.41) is 0. The molecule has 0 fully saturated rings. The Morgan fingerprint density at radius 3 is 2.11 bits per heavy atom. The lowest BCUT2D eigenvalue weighted by Crippen LogP contribution is -2.26. The summed E-state index contributed by atoms with van der Waals surface area (Å²) in [5.41, 5.74) is 0. The van der Waals surface area contributed by atoms with Gasteiger partial charge in [0.05, 0.1) is 19.8 Å². The molecule has 18 heavy (non-hydrogen) atoms. The van der Waals surface area contributed by atoms with Gasteiger partial charge in [0.25, 0.3) is 0 Å². The summed E-state index contributed by atoms with van der Waals surface area (Å²) in [6.07, 6.45) is -6.31. The number of alkyl halides is 3. The van der Waals surface area contributed by atoms with Crippen LogP contribution in [0.5, 0.6) is 0 Å². The molecule has 0 aliphatic carbocycles. The molecule has 5 nitrogen and oxygen atoms in total. The number of esters is 1. The standard InChI is InChI=1S/C10H15F3O5/c1-2-16-3-4-17-5-6-18-9(15)7-8(14)10(11,12)13/h2-7H2,1H3. The summed E-state index contributed by atoms with van der Waals surface area (Å²) in [5.74, 6) is -3.34. The van der Waals surface area contributed by atoms with Gasteiger partial charge in [-0.15, -0.1) is 0 Å². The molecule has 0 heterocycles. The van der Waals surface area contributed by atoms with Gasteiger partial charge < -0.3 is 14.2 Å². The molecular weight excluding hydrogens is 257 g/mol. The second-order valence-corrected chi connectivity index (χ2v) is 3.13. The summed E-state index contributed by atoms with van der Waals surface area (Å²) in [7, 11) is 0. The maximum Gasteiger partial charge on any atom is 0.450 e. The van der Waals surface area contributed by atoms with Gasteiger partial charge in [0.1, 0.15) is 13.0 Å². The van der Waals surface area contributed by atoms with Crippen molar-refractivity contribution in [1.29, 1.82) is 0 Å². The van der Waals surface area contributed by atoms with Gasteiger partial charge in [0.2, 0.25) is 5.78 Å². The Morgan fingerprint density at radius 1 is 1.00 bits per heavy atom. The van der Waals surface area contributed by atoms with E-state index in [1.807, 2.05) is 6.92 Å². The topological polar surface area (TPSA) is 61.8 Å². The van der Waals surface area contributed by atoms with Crippen molar-refractivity contribution < 1.29 is 37.0 Å². The van der Waals surface area contributed by atoms with E-state index < -0.39 is 24.3 Å². The fourth-order valence-corrected chi connectivity index (χ4v) is 0.861. The highest BCUT2D eigenvalue weighted by molar-refractivity contribution is 5.98. The van der Waals surface area contributed by atoms with Gasteiger partial charge in [0.15, 0.2) is 0 Å². The first-order valence-electron chi connectivity index (χ1n) is 5.29. The van der Waals surface area contributed by atoms with Gasteiger partial charge in [-0.05, 0) is 6.92 Å². The third-order valence-electron chi connectivity index (χ3n) is 1.69. The molecule has 0 atom stereocenters. The molecule has 0 spiro atoms. The molecule has 0 saturated heterocycles. The van der Waals surface area contributed by atoms with Crippen LogP contribution < -0.4 is 0 Å². The highest BCUT2D eigenvalue weighted by Gasteiger charge is 2.39. The van der Waals surface area contributed by atoms with Crippen LogP contribution >= 0.6 is 0 Å². The SMILES string of the molecule is CCOCCOCCOC(=O)CC(=O)C(F)(F)F. The number of hydrogen-bond donors (Lipinski definition) is 0. The second-order valence-electron chi connectivity index (χ2n) is 3.13. The van der Waals surface area contributed by atoms with Crippen molar-refractivity contribution in [2.24, 2.45) is 0 Å². The van der Waals surface area contributed by atoms with Crippen LogP contribution in [-0.2, 0) is 23.8 Å². The average Bonchev–Trinajstić information content (AvgIpc) is 2.26. The first-order valence-corrected chi connectivity index (χ1v) is 5.29. The van der Waals surface area contributed by atoms with Crippen molar-refractivity contribution in [1.82, 2.24) is 0 Å². The van der Waals surface area contributed by atoms with Crippen molar-refractivity contribution in [2.75, 3.05) is 33.0 Å².